The van der Waals surface area contributed by atoms with Crippen LogP contribution in [0.25, 0.3) is 0 Å². The number of benzene rings is 1. The highest BCUT2D eigenvalue weighted by atomic mass is 79.9. The minimum absolute atomic E-state index is 0.710. The fraction of sp³-hybridized carbons (Fsp3) is 0.571. The molecule has 0 spiro atoms. The Morgan fingerprint density at radius 2 is 2.00 bits per heavy atom. The van der Waals surface area contributed by atoms with Crippen molar-refractivity contribution in [2.45, 2.75) is 32.9 Å². The van der Waals surface area contributed by atoms with Crippen LogP contribution in [0.5, 0.6) is 0 Å². The van der Waals surface area contributed by atoms with Crippen LogP contribution in [0.15, 0.2) is 24.3 Å². The number of hydrogen-bond acceptors (Lipinski definition) is 1. The van der Waals surface area contributed by atoms with Crippen LogP contribution in [0.1, 0.15) is 24.5 Å². The first-order valence-electron chi connectivity index (χ1n) is 6.06. The van der Waals surface area contributed by atoms with Gasteiger partial charge in [-0.25, -0.2) is 0 Å². The number of halogens is 1. The summed E-state index contributed by atoms with van der Waals surface area (Å²) in [6.45, 7) is 6.84. The van der Waals surface area contributed by atoms with E-state index in [1.165, 1.54) is 24.1 Å². The summed E-state index contributed by atoms with van der Waals surface area (Å²) in [5.41, 5.74) is 2.78. The second-order valence-electron chi connectivity index (χ2n) is 4.94. The van der Waals surface area contributed by atoms with E-state index in [1.807, 2.05) is 0 Å². The first kappa shape index (κ1) is 12.1. The molecule has 0 N–H and O–H groups in total. The average molecular weight is 282 g/mol. The van der Waals surface area contributed by atoms with Gasteiger partial charge in [0, 0.05) is 17.9 Å². The topological polar surface area (TPSA) is 3.24 Å². The standard InChI is InChI=1S/C14H20BrN/c1-11-3-5-13(6-4-11)10-16-8-7-12(2)14(16)9-15/h3-6,12,14H,7-10H2,1-2H3. The number of likely N-dealkylation sites (tertiary alicyclic amines) is 1. The lowest BCUT2D eigenvalue weighted by Crippen LogP contribution is -2.32. The highest BCUT2D eigenvalue weighted by molar-refractivity contribution is 9.09. The van der Waals surface area contributed by atoms with E-state index >= 15 is 0 Å². The van der Waals surface area contributed by atoms with Gasteiger partial charge in [-0.2, -0.15) is 0 Å². The molecule has 2 rings (SSSR count). The van der Waals surface area contributed by atoms with Gasteiger partial charge < -0.3 is 0 Å². The molecule has 88 valence electrons. The van der Waals surface area contributed by atoms with Gasteiger partial charge in [-0.3, -0.25) is 4.90 Å². The maximum Gasteiger partial charge on any atom is 0.0237 e. The number of rotatable bonds is 3. The van der Waals surface area contributed by atoms with Crippen molar-refractivity contribution in [3.63, 3.8) is 0 Å². The second kappa shape index (κ2) is 5.33. The summed E-state index contributed by atoms with van der Waals surface area (Å²) in [4.78, 5) is 2.60. The zero-order chi connectivity index (χ0) is 11.5. The average Bonchev–Trinajstić information content (AvgIpc) is 2.63. The molecule has 1 aliphatic heterocycles. The SMILES string of the molecule is Cc1ccc(CN2CCC(C)C2CBr)cc1. The van der Waals surface area contributed by atoms with Crippen molar-refractivity contribution >= 4 is 15.9 Å². The normalized spacial score (nSPS) is 26.2. The number of alkyl halides is 1. The second-order valence-corrected chi connectivity index (χ2v) is 5.59. The third-order valence-corrected chi connectivity index (χ3v) is 4.33. The van der Waals surface area contributed by atoms with E-state index in [4.69, 9.17) is 0 Å². The molecule has 2 unspecified atom stereocenters. The molecule has 1 fully saturated rings. The largest absolute Gasteiger partial charge is 0.295 e. The molecule has 1 heterocycles. The Morgan fingerprint density at radius 3 is 2.62 bits per heavy atom. The summed E-state index contributed by atoms with van der Waals surface area (Å²) < 4.78 is 0. The third kappa shape index (κ3) is 2.67. The lowest BCUT2D eigenvalue weighted by Gasteiger charge is -2.25. The molecule has 0 amide bonds. The van der Waals surface area contributed by atoms with Crippen molar-refractivity contribution in [2.75, 3.05) is 11.9 Å². The molecular formula is C14H20BrN. The van der Waals surface area contributed by atoms with Crippen LogP contribution in [0.4, 0.5) is 0 Å². The molecule has 1 aromatic rings. The molecule has 1 nitrogen and oxygen atoms in total. The van der Waals surface area contributed by atoms with E-state index in [2.05, 4.69) is 58.9 Å². The highest BCUT2D eigenvalue weighted by Crippen LogP contribution is 2.26. The summed E-state index contributed by atoms with van der Waals surface area (Å²) in [6.07, 6.45) is 1.34. The lowest BCUT2D eigenvalue weighted by molar-refractivity contribution is 0.244. The summed E-state index contributed by atoms with van der Waals surface area (Å²) in [6, 6.07) is 9.63. The molecule has 16 heavy (non-hydrogen) atoms. The number of hydrogen-bond donors (Lipinski definition) is 0. The van der Waals surface area contributed by atoms with Gasteiger partial charge in [0.05, 0.1) is 0 Å². The Balaban J connectivity index is 2.01. The molecule has 2 atom stereocenters. The highest BCUT2D eigenvalue weighted by Gasteiger charge is 2.29. The van der Waals surface area contributed by atoms with Crippen LogP contribution in [-0.4, -0.2) is 22.8 Å². The van der Waals surface area contributed by atoms with Gasteiger partial charge in [-0.1, -0.05) is 52.7 Å². The summed E-state index contributed by atoms with van der Waals surface area (Å²) in [7, 11) is 0. The zero-order valence-electron chi connectivity index (χ0n) is 10.1. The smallest absolute Gasteiger partial charge is 0.0237 e. The Morgan fingerprint density at radius 1 is 1.31 bits per heavy atom. The molecule has 0 saturated carbocycles. The van der Waals surface area contributed by atoms with Gasteiger partial charge in [-0.05, 0) is 31.4 Å². The van der Waals surface area contributed by atoms with Crippen molar-refractivity contribution in [3.8, 4) is 0 Å². The molecule has 2 heteroatoms. The lowest BCUT2D eigenvalue weighted by atomic mass is 10.0. The van der Waals surface area contributed by atoms with E-state index in [0.29, 0.717) is 6.04 Å². The van der Waals surface area contributed by atoms with Crippen LogP contribution in [-0.2, 0) is 6.54 Å². The quantitative estimate of drug-likeness (QED) is 0.766. The zero-order valence-corrected chi connectivity index (χ0v) is 11.7. The molecule has 0 aromatic heterocycles. The molecule has 1 aromatic carbocycles. The predicted molar refractivity (Wildman–Crippen MR) is 73.0 cm³/mol. The van der Waals surface area contributed by atoms with E-state index in [-0.39, 0.29) is 0 Å². The van der Waals surface area contributed by atoms with Gasteiger partial charge in [0.15, 0.2) is 0 Å². The van der Waals surface area contributed by atoms with Gasteiger partial charge in [0.1, 0.15) is 0 Å². The Hall–Kier alpha value is -0.340. The van der Waals surface area contributed by atoms with Crippen LogP contribution in [0.3, 0.4) is 0 Å². The summed E-state index contributed by atoms with van der Waals surface area (Å²) in [5, 5.41) is 1.10. The molecule has 0 radical (unpaired) electrons. The van der Waals surface area contributed by atoms with Crippen molar-refractivity contribution in [1.82, 2.24) is 4.90 Å². The fourth-order valence-corrected chi connectivity index (χ4v) is 3.51. The summed E-state index contributed by atoms with van der Waals surface area (Å²) >= 11 is 3.64. The van der Waals surface area contributed by atoms with Crippen molar-refractivity contribution < 1.29 is 0 Å². The van der Waals surface area contributed by atoms with Gasteiger partial charge >= 0.3 is 0 Å². The van der Waals surface area contributed by atoms with Gasteiger partial charge in [0.25, 0.3) is 0 Å². The Bertz CT molecular complexity index is 333. The summed E-state index contributed by atoms with van der Waals surface area (Å²) in [5.74, 6) is 0.824. The van der Waals surface area contributed by atoms with Gasteiger partial charge in [-0.15, -0.1) is 0 Å². The maximum atomic E-state index is 3.64. The molecule has 1 saturated heterocycles. The first-order valence-corrected chi connectivity index (χ1v) is 7.18. The minimum atomic E-state index is 0.710. The number of aryl methyl sites for hydroxylation is 1. The minimum Gasteiger partial charge on any atom is -0.295 e. The van der Waals surface area contributed by atoms with Crippen LogP contribution in [0.2, 0.25) is 0 Å². The molecule has 0 aliphatic carbocycles. The third-order valence-electron chi connectivity index (χ3n) is 3.66. The van der Waals surface area contributed by atoms with Gasteiger partial charge in [0.2, 0.25) is 0 Å². The molecular weight excluding hydrogens is 262 g/mol. The molecule has 0 bridgehead atoms. The van der Waals surface area contributed by atoms with E-state index in [1.54, 1.807) is 0 Å². The van der Waals surface area contributed by atoms with E-state index in [9.17, 15) is 0 Å². The Labute approximate surface area is 107 Å². The van der Waals surface area contributed by atoms with Crippen molar-refractivity contribution in [3.05, 3.63) is 35.4 Å². The van der Waals surface area contributed by atoms with Crippen LogP contribution >= 0.6 is 15.9 Å². The monoisotopic (exact) mass is 281 g/mol. The van der Waals surface area contributed by atoms with Crippen LogP contribution < -0.4 is 0 Å². The fourth-order valence-electron chi connectivity index (χ4n) is 2.46. The Kier molecular flexibility index (Phi) is 4.04. The maximum absolute atomic E-state index is 3.64. The van der Waals surface area contributed by atoms with E-state index in [0.717, 1.165) is 17.8 Å². The van der Waals surface area contributed by atoms with E-state index < -0.39 is 0 Å². The van der Waals surface area contributed by atoms with Crippen molar-refractivity contribution in [1.29, 1.82) is 0 Å². The van der Waals surface area contributed by atoms with Crippen LogP contribution in [0, 0.1) is 12.8 Å². The number of nitrogens with zero attached hydrogens (tertiary/aromatic N) is 1. The molecule has 1 aliphatic rings. The first-order chi connectivity index (χ1) is 7.70. The van der Waals surface area contributed by atoms with Crippen molar-refractivity contribution in [2.24, 2.45) is 5.92 Å². The predicted octanol–water partition coefficient (Wildman–Crippen LogP) is 3.60.